The molecule has 1 N–H and O–H groups in total. The predicted octanol–water partition coefficient (Wildman–Crippen LogP) is 5.88. The summed E-state index contributed by atoms with van der Waals surface area (Å²) in [5, 5.41) is 5.25. The zero-order valence-corrected chi connectivity index (χ0v) is 16.2. The van der Waals surface area contributed by atoms with Crippen molar-refractivity contribution in [2.45, 2.75) is 39.0 Å². The molecule has 3 rings (SSSR count). The van der Waals surface area contributed by atoms with E-state index in [0.717, 1.165) is 17.7 Å². The van der Waals surface area contributed by atoms with Crippen molar-refractivity contribution in [2.24, 2.45) is 0 Å². The number of rotatable bonds is 8. The van der Waals surface area contributed by atoms with E-state index in [-0.39, 0.29) is 6.61 Å². The van der Waals surface area contributed by atoms with Gasteiger partial charge in [-0.15, -0.1) is 0 Å². The molecule has 0 unspecified atom stereocenters. The van der Waals surface area contributed by atoms with E-state index in [2.05, 4.69) is 5.32 Å². The molecule has 0 heterocycles. The Morgan fingerprint density at radius 1 is 1.00 bits per heavy atom. The second-order valence-electron chi connectivity index (χ2n) is 5.97. The molecule has 2 aromatic carbocycles. The van der Waals surface area contributed by atoms with E-state index in [1.165, 1.54) is 12.8 Å². The molecule has 2 aromatic rings. The van der Waals surface area contributed by atoms with Gasteiger partial charge in [0.25, 0.3) is 0 Å². The summed E-state index contributed by atoms with van der Waals surface area (Å²) in [4.78, 5) is 0. The number of hydrogen-bond donors (Lipinski definition) is 1. The molecule has 0 radical (unpaired) electrons. The molecule has 6 heteroatoms. The van der Waals surface area contributed by atoms with Crippen LogP contribution in [-0.2, 0) is 13.2 Å². The number of hydrogen-bond acceptors (Lipinski definition) is 3. The molecule has 1 aliphatic rings. The quantitative estimate of drug-likeness (QED) is 0.600. The largest absolute Gasteiger partial charge is 0.490 e. The van der Waals surface area contributed by atoms with Crippen LogP contribution in [0.1, 0.15) is 30.9 Å². The van der Waals surface area contributed by atoms with Gasteiger partial charge >= 0.3 is 0 Å². The maximum atomic E-state index is 6.42. The van der Waals surface area contributed by atoms with Crippen molar-refractivity contribution in [2.75, 3.05) is 6.61 Å². The Hall–Kier alpha value is -1.13. The standard InChI is InChI=1S/C19H20Cl3NO2/c1-2-24-18-8-12(10-23-13-6-7-13)17(22)9-19(18)25-11-14-15(20)4-3-5-16(14)21/h3-5,8-9,13,23H,2,6-7,10-11H2,1H3. The fraction of sp³-hybridized carbons (Fsp3) is 0.368. The Bertz CT molecular complexity index is 727. The van der Waals surface area contributed by atoms with Crippen molar-refractivity contribution in [1.29, 1.82) is 0 Å². The Kier molecular flexibility index (Phi) is 6.34. The van der Waals surface area contributed by atoms with Gasteiger partial charge in [0.1, 0.15) is 6.61 Å². The summed E-state index contributed by atoms with van der Waals surface area (Å²) in [5.41, 5.74) is 1.74. The fourth-order valence-corrected chi connectivity index (χ4v) is 3.18. The van der Waals surface area contributed by atoms with Gasteiger partial charge in [0.2, 0.25) is 0 Å². The van der Waals surface area contributed by atoms with Crippen LogP contribution < -0.4 is 14.8 Å². The molecule has 3 nitrogen and oxygen atoms in total. The Labute approximate surface area is 163 Å². The van der Waals surface area contributed by atoms with Crippen LogP contribution >= 0.6 is 34.8 Å². The Morgan fingerprint density at radius 2 is 1.68 bits per heavy atom. The van der Waals surface area contributed by atoms with Gasteiger partial charge in [0.05, 0.1) is 6.61 Å². The summed E-state index contributed by atoms with van der Waals surface area (Å²) >= 11 is 18.8. The van der Waals surface area contributed by atoms with Crippen molar-refractivity contribution < 1.29 is 9.47 Å². The zero-order valence-electron chi connectivity index (χ0n) is 14.0. The van der Waals surface area contributed by atoms with Gasteiger partial charge < -0.3 is 14.8 Å². The van der Waals surface area contributed by atoms with Crippen LogP contribution in [0.2, 0.25) is 15.1 Å². The molecule has 0 spiro atoms. The van der Waals surface area contributed by atoms with Gasteiger partial charge in [0.15, 0.2) is 11.5 Å². The summed E-state index contributed by atoms with van der Waals surface area (Å²) in [6.07, 6.45) is 2.46. The smallest absolute Gasteiger partial charge is 0.163 e. The van der Waals surface area contributed by atoms with Gasteiger partial charge in [-0.3, -0.25) is 0 Å². The van der Waals surface area contributed by atoms with E-state index >= 15 is 0 Å². The minimum Gasteiger partial charge on any atom is -0.490 e. The molecule has 0 bridgehead atoms. The average Bonchev–Trinajstić information content (AvgIpc) is 3.40. The molecule has 0 aliphatic heterocycles. The van der Waals surface area contributed by atoms with Crippen molar-refractivity contribution in [3.8, 4) is 11.5 Å². The van der Waals surface area contributed by atoms with Crippen molar-refractivity contribution in [3.05, 3.63) is 56.5 Å². The summed E-state index contributed by atoms with van der Waals surface area (Å²) in [6.45, 7) is 3.44. The van der Waals surface area contributed by atoms with Crippen LogP contribution in [-0.4, -0.2) is 12.6 Å². The number of benzene rings is 2. The molecule has 0 saturated heterocycles. The maximum Gasteiger partial charge on any atom is 0.163 e. The second-order valence-corrected chi connectivity index (χ2v) is 7.19. The predicted molar refractivity (Wildman–Crippen MR) is 103 cm³/mol. The maximum absolute atomic E-state index is 6.42. The van der Waals surface area contributed by atoms with Gasteiger partial charge in [-0.2, -0.15) is 0 Å². The van der Waals surface area contributed by atoms with Gasteiger partial charge in [-0.1, -0.05) is 40.9 Å². The third kappa shape index (κ3) is 4.95. The van der Waals surface area contributed by atoms with Crippen molar-refractivity contribution in [3.63, 3.8) is 0 Å². The Morgan fingerprint density at radius 3 is 2.32 bits per heavy atom. The first-order valence-electron chi connectivity index (χ1n) is 8.32. The molecule has 1 fully saturated rings. The van der Waals surface area contributed by atoms with E-state index < -0.39 is 0 Å². The first-order valence-corrected chi connectivity index (χ1v) is 9.46. The van der Waals surface area contributed by atoms with Crippen molar-refractivity contribution in [1.82, 2.24) is 5.32 Å². The van der Waals surface area contributed by atoms with Crippen LogP contribution in [0, 0.1) is 0 Å². The van der Waals surface area contributed by atoms with Crippen LogP contribution in [0.3, 0.4) is 0 Å². The van der Waals surface area contributed by atoms with E-state index in [0.29, 0.717) is 39.2 Å². The number of ether oxygens (including phenoxy) is 2. The summed E-state index contributed by atoms with van der Waals surface area (Å²) in [5.74, 6) is 1.25. The third-order valence-corrected chi connectivity index (χ3v) is 5.06. The zero-order chi connectivity index (χ0) is 17.8. The highest BCUT2D eigenvalue weighted by Gasteiger charge is 2.21. The van der Waals surface area contributed by atoms with Crippen LogP contribution in [0.5, 0.6) is 11.5 Å². The highest BCUT2D eigenvalue weighted by molar-refractivity contribution is 6.36. The third-order valence-electron chi connectivity index (χ3n) is 4.00. The van der Waals surface area contributed by atoms with E-state index in [1.807, 2.05) is 13.0 Å². The molecule has 25 heavy (non-hydrogen) atoms. The molecule has 0 aromatic heterocycles. The Balaban J connectivity index is 1.77. The first-order chi connectivity index (χ1) is 12.1. The fourth-order valence-electron chi connectivity index (χ4n) is 2.46. The summed E-state index contributed by atoms with van der Waals surface area (Å²) < 4.78 is 11.6. The van der Waals surface area contributed by atoms with Gasteiger partial charge in [0, 0.05) is 39.3 Å². The number of halogens is 3. The SMILES string of the molecule is CCOc1cc(CNC2CC2)c(Cl)cc1OCc1c(Cl)cccc1Cl. The average molecular weight is 401 g/mol. The molecule has 134 valence electrons. The lowest BCUT2D eigenvalue weighted by Crippen LogP contribution is -2.15. The molecule has 0 amide bonds. The van der Waals surface area contributed by atoms with Gasteiger partial charge in [-0.25, -0.2) is 0 Å². The van der Waals surface area contributed by atoms with Crippen LogP contribution in [0.25, 0.3) is 0 Å². The monoisotopic (exact) mass is 399 g/mol. The topological polar surface area (TPSA) is 30.5 Å². The molecular formula is C19H20Cl3NO2. The second kappa shape index (κ2) is 8.50. The molecule has 1 aliphatic carbocycles. The van der Waals surface area contributed by atoms with E-state index in [9.17, 15) is 0 Å². The minimum absolute atomic E-state index is 0.245. The van der Waals surface area contributed by atoms with Crippen LogP contribution in [0.4, 0.5) is 0 Å². The lowest BCUT2D eigenvalue weighted by molar-refractivity contribution is 0.269. The highest BCUT2D eigenvalue weighted by Crippen LogP contribution is 2.35. The summed E-state index contributed by atoms with van der Waals surface area (Å²) in [6, 6.07) is 9.72. The first kappa shape index (κ1) is 18.7. The summed E-state index contributed by atoms with van der Waals surface area (Å²) in [7, 11) is 0. The molecule has 0 atom stereocenters. The van der Waals surface area contributed by atoms with Crippen LogP contribution in [0.15, 0.2) is 30.3 Å². The number of nitrogens with one attached hydrogen (secondary N) is 1. The molecular weight excluding hydrogens is 381 g/mol. The normalized spacial score (nSPS) is 13.8. The van der Waals surface area contributed by atoms with Gasteiger partial charge in [-0.05, 0) is 43.5 Å². The van der Waals surface area contributed by atoms with Crippen molar-refractivity contribution >= 4 is 34.8 Å². The minimum atomic E-state index is 0.245. The highest BCUT2D eigenvalue weighted by atomic mass is 35.5. The van der Waals surface area contributed by atoms with E-state index in [4.69, 9.17) is 44.3 Å². The lowest BCUT2D eigenvalue weighted by atomic mass is 10.2. The molecule has 1 saturated carbocycles. The van der Waals surface area contributed by atoms with E-state index in [1.54, 1.807) is 24.3 Å². The lowest BCUT2D eigenvalue weighted by Gasteiger charge is -2.16.